The molecule has 12 fully saturated rings. The maximum atomic E-state index is 14.6. The summed E-state index contributed by atoms with van der Waals surface area (Å²) in [5.74, 6) is 3.90. The summed E-state index contributed by atoms with van der Waals surface area (Å²) in [6.45, 7) is 39.5. The molecule has 125 heavy (non-hydrogen) atoms. The molecule has 0 spiro atoms. The number of fused-ring (bicyclic) bond motifs is 4. The zero-order valence-electron chi connectivity index (χ0n) is 78.0. The molecule has 12 unspecified atom stereocenters. The summed E-state index contributed by atoms with van der Waals surface area (Å²) in [5, 5.41) is 33.9. The second kappa shape index (κ2) is 41.0. The summed E-state index contributed by atoms with van der Waals surface area (Å²) in [6, 6.07) is 0. The lowest BCUT2D eigenvalue weighted by atomic mass is 9.61. The largest absolute Gasteiger partial charge is 0.393 e. The first-order chi connectivity index (χ1) is 57.6. The highest BCUT2D eigenvalue weighted by Crippen LogP contribution is 2.64. The number of halogens is 3. The monoisotopic (exact) mass is 1810 g/mol. The van der Waals surface area contributed by atoms with Crippen LogP contribution in [0.1, 0.15) is 295 Å². The van der Waals surface area contributed by atoms with Crippen LogP contribution in [0.25, 0.3) is 0 Å². The molecule has 0 aromatic heterocycles. The van der Waals surface area contributed by atoms with Crippen LogP contribution in [0.5, 0.6) is 0 Å². The van der Waals surface area contributed by atoms with Crippen molar-refractivity contribution < 1.29 is 67.3 Å². The summed E-state index contributed by atoms with van der Waals surface area (Å²) in [5.41, 5.74) is 17.4. The molecule has 0 radical (unpaired) electrons. The normalized spacial score (nSPS) is 36.5. The number of sulfone groups is 4. The van der Waals surface area contributed by atoms with Crippen molar-refractivity contribution in [2.75, 3.05) is 25.0 Å². The Bertz CT molecular complexity index is 4430. The standard InChI is InChI=1S/C27H38O3S.C27H42O3S.C26H39FO3S.C25H36F2O3S.CH4/c1-19-7-10-23(28)18-22(19)9-8-21-6-5-14-26(3)24(11-12-25(21)26)20(2)13-15-27(16-17-27)31(4,29)30;1-19-9-12-23(28)18-22(19)11-10-21-8-7-16-27(5)24(13-14-25(21)27)20(2)15-17-26(3,4)31(6,29)30;1-18-8-11-22(28)17-21(18)10-9-20-7-6-15-25(3)23(12-13-24(20)25)19(2)14-16-26(4,27)31(5,29)30;1-17-7-10-21(28)16-20(17)9-8-19-6-5-14-24(3)22(11-12-23(19)24)18(2)13-15-25(26,27)31(4,29)30;/h8-9,11,13,15,20,23,25,28H,1,5-7,10,12,14,16-18H2,2-4H3;10-11,15,17,20,23-25,28H,1,7-9,12-14,16,18H2,2-6H3;9-10,14,16,19,22-24,28H,1,6-8,11-13,15,17H2,2-5H3;8-9,13,15,18,21-23,28H,1,5-7,10-12,14,16H2,2-4H3;1H4/b15-13+,21-8+,22-9-;17-15+,21-10+,22-11-;16-14+,20-9+,21-10-;15-13+,19-8+,20-9-;/t20?,23?,25-,26+;20?,23?,24?,25-,27+;19?,22?,23?,24-,25+,26?;18?,21?,22?,23-,24+;/m0000./s1. The van der Waals surface area contributed by atoms with Crippen molar-refractivity contribution in [1.29, 1.82) is 0 Å². The van der Waals surface area contributed by atoms with Crippen LogP contribution >= 0.6 is 0 Å². The fourth-order valence-corrected chi connectivity index (χ4v) is 26.7. The molecule has 13 rings (SSSR count). The number of alkyl halides is 3. The van der Waals surface area contributed by atoms with Gasteiger partial charge in [-0.15, -0.1) is 0 Å². The summed E-state index contributed by atoms with van der Waals surface area (Å²) in [4.78, 5) is 0. The molecule has 0 aromatic rings. The first-order valence-corrected chi connectivity index (χ1v) is 54.5. The SMILES string of the molecule is C.C=C1CCC(O)C/C1=C/C=C1\CCC[C@]2(C)C(C(C)/C=C/C(C)(C)S(C)(=O)=O)CC[C@@H]12.C=C1CCC(O)C/C1=C/C=C1\CCC[C@]2(C)C(C(C)/C=C/C(C)(F)S(C)(=O)=O)CC[C@@H]12.C=C1CCC(O)C/C1=C/C=C1\CCC[C@]2(C)C(C(C)/C=C/C(F)(F)S(C)(=O)=O)CC[C@@H]12.C=C1CCC(O)C/C1=C/C=C1\CCC[C@]2(C)C(C(C)/C=C/C3(S(C)(=O)=O)CC3)=CC[C@@H]12. The lowest BCUT2D eigenvalue weighted by molar-refractivity contribution is 0.110. The molecule has 0 amide bonds. The van der Waals surface area contributed by atoms with Gasteiger partial charge in [-0.05, 0) is 354 Å². The highest BCUT2D eigenvalue weighted by molar-refractivity contribution is 7.93. The molecule has 12 nitrogen and oxygen atoms in total. The minimum Gasteiger partial charge on any atom is -0.393 e. The van der Waals surface area contributed by atoms with Crippen molar-refractivity contribution in [2.45, 2.75) is 340 Å². The van der Waals surface area contributed by atoms with Gasteiger partial charge in [0.1, 0.15) is 0 Å². The van der Waals surface area contributed by atoms with Crippen LogP contribution in [0.4, 0.5) is 13.2 Å². The number of hydrogen-bond acceptors (Lipinski definition) is 12. The lowest BCUT2D eigenvalue weighted by Crippen LogP contribution is -2.36. The Labute approximate surface area is 754 Å². The summed E-state index contributed by atoms with van der Waals surface area (Å²) < 4.78 is 135. The van der Waals surface area contributed by atoms with Crippen molar-refractivity contribution in [3.05, 3.63) is 202 Å². The Hall–Kier alpha value is -4.99. The average Bonchev–Trinajstić information content (AvgIpc) is 1.62. The highest BCUT2D eigenvalue weighted by Gasteiger charge is 2.55. The zero-order chi connectivity index (χ0) is 91.5. The molecule has 0 aliphatic heterocycles. The third kappa shape index (κ3) is 24.1. The quantitative estimate of drug-likeness (QED) is 0.0837. The first-order valence-electron chi connectivity index (χ1n) is 47.0. The fraction of sp³-hybridized carbons (Fsp3) is 0.679. The van der Waals surface area contributed by atoms with Gasteiger partial charge in [-0.1, -0.05) is 230 Å². The number of aliphatic hydroxyl groups is 4. The van der Waals surface area contributed by atoms with Crippen molar-refractivity contribution in [3.63, 3.8) is 0 Å². The van der Waals surface area contributed by atoms with Gasteiger partial charge in [0.2, 0.25) is 14.8 Å². The van der Waals surface area contributed by atoms with Crippen LogP contribution in [0.3, 0.4) is 0 Å². The van der Waals surface area contributed by atoms with E-state index in [1.54, 1.807) is 25.5 Å². The number of hydrogen-bond donors (Lipinski definition) is 4. The van der Waals surface area contributed by atoms with E-state index >= 15 is 0 Å². The summed E-state index contributed by atoms with van der Waals surface area (Å²) >= 11 is 0. The fourth-order valence-electron chi connectivity index (χ4n) is 24.5. The minimum absolute atomic E-state index is 0. The predicted octanol–water partition coefficient (Wildman–Crippen LogP) is 24.7. The van der Waals surface area contributed by atoms with Gasteiger partial charge < -0.3 is 20.4 Å². The lowest BCUT2D eigenvalue weighted by Gasteiger charge is -2.44. The van der Waals surface area contributed by atoms with Crippen molar-refractivity contribution in [1.82, 2.24) is 0 Å². The van der Waals surface area contributed by atoms with E-state index in [9.17, 15) is 67.3 Å². The molecule has 0 saturated heterocycles. The van der Waals surface area contributed by atoms with E-state index in [0.29, 0.717) is 66.6 Å². The van der Waals surface area contributed by atoms with E-state index in [-0.39, 0.29) is 77.2 Å². The molecule has 0 heterocycles. The summed E-state index contributed by atoms with van der Waals surface area (Å²) in [7, 11) is -14.4. The van der Waals surface area contributed by atoms with Gasteiger partial charge in [-0.2, -0.15) is 8.78 Å². The average molecular weight is 1810 g/mol. The smallest absolute Gasteiger partial charge is 0.363 e. The van der Waals surface area contributed by atoms with Gasteiger partial charge in [-0.3, -0.25) is 0 Å². The highest BCUT2D eigenvalue weighted by atomic mass is 32.2. The van der Waals surface area contributed by atoms with Crippen LogP contribution in [0.2, 0.25) is 0 Å². The van der Waals surface area contributed by atoms with E-state index in [4.69, 9.17) is 0 Å². The zero-order valence-corrected chi connectivity index (χ0v) is 81.2. The van der Waals surface area contributed by atoms with Gasteiger partial charge >= 0.3 is 5.25 Å². The van der Waals surface area contributed by atoms with Gasteiger partial charge in [0.05, 0.1) is 33.9 Å². The van der Waals surface area contributed by atoms with Gasteiger partial charge in [0, 0.05) is 25.0 Å². The van der Waals surface area contributed by atoms with Crippen molar-refractivity contribution >= 4 is 39.3 Å². The molecular weight excluding hydrogens is 1650 g/mol. The Kier molecular flexibility index (Phi) is 34.0. The van der Waals surface area contributed by atoms with E-state index in [2.05, 4.69) is 142 Å². The molecule has 0 bridgehead atoms. The van der Waals surface area contributed by atoms with E-state index in [1.165, 1.54) is 113 Å². The van der Waals surface area contributed by atoms with E-state index in [1.807, 2.05) is 19.1 Å². The Balaban J connectivity index is 0.000000188. The second-order valence-electron chi connectivity index (χ2n) is 42.3. The maximum absolute atomic E-state index is 14.6. The first kappa shape index (κ1) is 104. The number of aliphatic hydroxyl groups excluding tert-OH is 4. The number of rotatable bonds is 20. The molecule has 20 atom stereocenters. The van der Waals surface area contributed by atoms with Crippen LogP contribution in [0.15, 0.2) is 202 Å². The van der Waals surface area contributed by atoms with E-state index in [0.717, 1.165) is 190 Å². The molecular formula is C106H159F3O12S4. The molecule has 0 aromatic carbocycles. The Morgan fingerprint density at radius 2 is 0.728 bits per heavy atom. The molecule has 19 heteroatoms. The predicted molar refractivity (Wildman–Crippen MR) is 513 cm³/mol. The van der Waals surface area contributed by atoms with Crippen LogP contribution in [0, 0.1) is 86.8 Å². The third-order valence-corrected chi connectivity index (χ3v) is 40.1. The molecule has 700 valence electrons. The van der Waals surface area contributed by atoms with Gasteiger partial charge in [0.15, 0.2) is 29.5 Å². The second-order valence-corrected chi connectivity index (χ2v) is 51.7. The molecule has 12 saturated carbocycles. The maximum Gasteiger partial charge on any atom is 0.363 e. The molecule has 13 aliphatic rings. The molecule has 4 N–H and O–H groups in total. The van der Waals surface area contributed by atoms with Crippen molar-refractivity contribution in [2.24, 2.45) is 86.8 Å². The Morgan fingerprint density at radius 3 is 1.04 bits per heavy atom. The van der Waals surface area contributed by atoms with Crippen LogP contribution in [-0.4, -0.2) is 123 Å². The third-order valence-electron chi connectivity index (χ3n) is 33.3. The molecule has 13 aliphatic carbocycles. The van der Waals surface area contributed by atoms with Crippen LogP contribution in [-0.2, 0) is 39.3 Å². The Morgan fingerprint density at radius 1 is 0.408 bits per heavy atom. The number of allylic oxidation sites excluding steroid dienone is 22. The summed E-state index contributed by atoms with van der Waals surface area (Å²) in [6.07, 6.45) is 69.2. The minimum atomic E-state index is -4.46. The van der Waals surface area contributed by atoms with Crippen molar-refractivity contribution in [3.8, 4) is 0 Å². The van der Waals surface area contributed by atoms with Gasteiger partial charge in [-0.25, -0.2) is 38.1 Å². The van der Waals surface area contributed by atoms with Crippen LogP contribution < -0.4 is 0 Å². The topological polar surface area (TPSA) is 217 Å². The van der Waals surface area contributed by atoms with E-state index < -0.39 is 59.1 Å². The van der Waals surface area contributed by atoms with Gasteiger partial charge in [0.25, 0.3) is 0 Å².